The minimum atomic E-state index is -0.303. The molecular weight excluding hydrogens is 396 g/mol. The molecule has 100 valence electrons. The Labute approximate surface area is 133 Å². The molecule has 0 spiro atoms. The Bertz CT molecular complexity index is 552. The Morgan fingerprint density at radius 3 is 2.26 bits per heavy atom. The molecule has 19 heavy (non-hydrogen) atoms. The fourth-order valence-electron chi connectivity index (χ4n) is 1.95. The first-order chi connectivity index (χ1) is 9.02. The van der Waals surface area contributed by atoms with Crippen LogP contribution in [-0.4, -0.2) is 7.05 Å². The molecule has 1 unspecified atom stereocenters. The van der Waals surface area contributed by atoms with Crippen LogP contribution < -0.4 is 5.32 Å². The summed E-state index contributed by atoms with van der Waals surface area (Å²) in [5, 5.41) is 3.70. The van der Waals surface area contributed by atoms with E-state index in [-0.39, 0.29) is 11.9 Å². The zero-order chi connectivity index (χ0) is 14.0. The third kappa shape index (κ3) is 3.37. The van der Waals surface area contributed by atoms with Crippen LogP contribution in [0.4, 0.5) is 4.39 Å². The minimum Gasteiger partial charge on any atom is -0.309 e. The second-order valence-corrected chi connectivity index (χ2v) is 6.29. The van der Waals surface area contributed by atoms with Gasteiger partial charge in [0.2, 0.25) is 0 Å². The highest BCUT2D eigenvalue weighted by molar-refractivity contribution is 9.10. The summed E-state index contributed by atoms with van der Waals surface area (Å²) in [4.78, 5) is 0. The molecule has 0 aromatic heterocycles. The van der Waals surface area contributed by atoms with E-state index in [0.717, 1.165) is 14.5 Å². The van der Waals surface area contributed by atoms with Crippen molar-refractivity contribution in [2.75, 3.05) is 7.05 Å². The van der Waals surface area contributed by atoms with Crippen molar-refractivity contribution < 1.29 is 4.39 Å². The van der Waals surface area contributed by atoms with Crippen molar-refractivity contribution in [3.8, 4) is 0 Å². The zero-order valence-corrected chi connectivity index (χ0v) is 14.0. The Kier molecular flexibility index (Phi) is 5.01. The molecule has 2 rings (SSSR count). The third-order valence-electron chi connectivity index (χ3n) is 2.83. The van der Waals surface area contributed by atoms with Gasteiger partial charge in [-0.1, -0.05) is 43.5 Å². The molecule has 1 N–H and O–H groups in total. The first kappa shape index (κ1) is 15.0. The van der Waals surface area contributed by atoms with Gasteiger partial charge in [0.1, 0.15) is 5.82 Å². The van der Waals surface area contributed by atoms with E-state index in [4.69, 9.17) is 11.6 Å². The molecule has 0 bridgehead atoms. The monoisotopic (exact) mass is 405 g/mol. The lowest BCUT2D eigenvalue weighted by atomic mass is 9.98. The number of hydrogen-bond donors (Lipinski definition) is 1. The van der Waals surface area contributed by atoms with Crippen LogP contribution in [0.15, 0.2) is 45.3 Å². The Morgan fingerprint density at radius 1 is 1.05 bits per heavy atom. The number of hydrogen-bond acceptors (Lipinski definition) is 1. The largest absolute Gasteiger partial charge is 0.309 e. The van der Waals surface area contributed by atoms with E-state index in [9.17, 15) is 4.39 Å². The Morgan fingerprint density at radius 2 is 1.63 bits per heavy atom. The van der Waals surface area contributed by atoms with E-state index in [1.54, 1.807) is 25.2 Å². The van der Waals surface area contributed by atoms with Gasteiger partial charge in [-0.3, -0.25) is 0 Å². The summed E-state index contributed by atoms with van der Waals surface area (Å²) in [6, 6.07) is 10.1. The van der Waals surface area contributed by atoms with Crippen LogP contribution in [0.25, 0.3) is 0 Å². The average molecular weight is 408 g/mol. The van der Waals surface area contributed by atoms with E-state index < -0.39 is 0 Å². The molecule has 1 nitrogen and oxygen atoms in total. The van der Waals surface area contributed by atoms with Crippen molar-refractivity contribution in [1.82, 2.24) is 5.32 Å². The molecule has 0 saturated carbocycles. The number of rotatable bonds is 3. The highest BCUT2D eigenvalue weighted by Gasteiger charge is 2.19. The smallest absolute Gasteiger partial charge is 0.128 e. The van der Waals surface area contributed by atoms with Crippen molar-refractivity contribution in [2.24, 2.45) is 0 Å². The van der Waals surface area contributed by atoms with Gasteiger partial charge in [0.25, 0.3) is 0 Å². The molecular formula is C14H11Br2ClFN. The van der Waals surface area contributed by atoms with Gasteiger partial charge in [0.05, 0.1) is 6.04 Å². The quantitative estimate of drug-likeness (QED) is 0.727. The van der Waals surface area contributed by atoms with E-state index in [0.29, 0.717) is 10.6 Å². The molecule has 0 aliphatic rings. The van der Waals surface area contributed by atoms with Crippen LogP contribution in [0, 0.1) is 5.82 Å². The summed E-state index contributed by atoms with van der Waals surface area (Å²) < 4.78 is 15.7. The van der Waals surface area contributed by atoms with E-state index in [1.807, 2.05) is 12.1 Å². The average Bonchev–Trinajstić information content (AvgIpc) is 2.38. The van der Waals surface area contributed by atoms with Crippen molar-refractivity contribution >= 4 is 43.5 Å². The highest BCUT2D eigenvalue weighted by atomic mass is 79.9. The summed E-state index contributed by atoms with van der Waals surface area (Å²) in [5.41, 5.74) is 1.38. The normalized spacial score (nSPS) is 12.5. The molecule has 0 fully saturated rings. The van der Waals surface area contributed by atoms with Crippen molar-refractivity contribution in [3.05, 3.63) is 67.3 Å². The zero-order valence-electron chi connectivity index (χ0n) is 10.1. The minimum absolute atomic E-state index is 0.265. The van der Waals surface area contributed by atoms with Gasteiger partial charge in [-0.2, -0.15) is 0 Å². The molecule has 0 radical (unpaired) electrons. The van der Waals surface area contributed by atoms with Crippen molar-refractivity contribution in [1.29, 1.82) is 0 Å². The van der Waals surface area contributed by atoms with Crippen LogP contribution in [0.1, 0.15) is 17.2 Å². The SMILES string of the molecule is CNC(c1cc(Br)ccc1F)c1cc(Br)ccc1Cl. The van der Waals surface area contributed by atoms with Crippen LogP contribution in [0.5, 0.6) is 0 Å². The van der Waals surface area contributed by atoms with Gasteiger partial charge in [-0.25, -0.2) is 4.39 Å². The van der Waals surface area contributed by atoms with Crippen LogP contribution in [0.3, 0.4) is 0 Å². The number of halogens is 4. The highest BCUT2D eigenvalue weighted by Crippen LogP contribution is 2.32. The molecule has 2 aromatic carbocycles. The number of benzene rings is 2. The van der Waals surface area contributed by atoms with Gasteiger partial charge in [0, 0.05) is 19.5 Å². The first-order valence-electron chi connectivity index (χ1n) is 5.60. The fraction of sp³-hybridized carbons (Fsp3) is 0.143. The molecule has 5 heteroatoms. The van der Waals surface area contributed by atoms with Gasteiger partial charge < -0.3 is 5.32 Å². The maximum atomic E-state index is 14.0. The second-order valence-electron chi connectivity index (χ2n) is 4.05. The molecule has 0 saturated heterocycles. The first-order valence-corrected chi connectivity index (χ1v) is 7.56. The van der Waals surface area contributed by atoms with Crippen molar-refractivity contribution in [3.63, 3.8) is 0 Å². The number of nitrogens with one attached hydrogen (secondary N) is 1. The summed E-state index contributed by atoms with van der Waals surface area (Å²) in [6.07, 6.45) is 0. The van der Waals surface area contributed by atoms with Gasteiger partial charge >= 0.3 is 0 Å². The van der Waals surface area contributed by atoms with Crippen LogP contribution in [0.2, 0.25) is 5.02 Å². The molecule has 0 heterocycles. The lowest BCUT2D eigenvalue weighted by Gasteiger charge is -2.20. The van der Waals surface area contributed by atoms with Crippen molar-refractivity contribution in [2.45, 2.75) is 6.04 Å². The summed E-state index contributed by atoms with van der Waals surface area (Å²) in [6.45, 7) is 0. The van der Waals surface area contributed by atoms with Crippen LogP contribution in [-0.2, 0) is 0 Å². The molecule has 2 aromatic rings. The van der Waals surface area contributed by atoms with Gasteiger partial charge in [-0.05, 0) is 49.0 Å². The summed E-state index contributed by atoms with van der Waals surface area (Å²) in [7, 11) is 1.78. The maximum Gasteiger partial charge on any atom is 0.128 e. The predicted octanol–water partition coefficient (Wildman–Crippen LogP) is 5.31. The second kappa shape index (κ2) is 6.35. The summed E-state index contributed by atoms with van der Waals surface area (Å²) >= 11 is 13.0. The summed E-state index contributed by atoms with van der Waals surface area (Å²) in [5.74, 6) is -0.265. The molecule has 1 atom stereocenters. The molecule has 0 aliphatic heterocycles. The van der Waals surface area contributed by atoms with Gasteiger partial charge in [-0.15, -0.1) is 0 Å². The standard InChI is InChI=1S/C14H11Br2ClFN/c1-19-14(10-6-8(15)2-4-12(10)17)11-7-9(16)3-5-13(11)18/h2-7,14,19H,1H3. The maximum absolute atomic E-state index is 14.0. The molecule has 0 amide bonds. The van der Waals surface area contributed by atoms with Gasteiger partial charge in [0.15, 0.2) is 0 Å². The topological polar surface area (TPSA) is 12.0 Å². The predicted molar refractivity (Wildman–Crippen MR) is 84.2 cm³/mol. The lowest BCUT2D eigenvalue weighted by molar-refractivity contribution is 0.575. The van der Waals surface area contributed by atoms with E-state index >= 15 is 0 Å². The fourth-order valence-corrected chi connectivity index (χ4v) is 2.93. The van der Waals surface area contributed by atoms with E-state index in [1.165, 1.54) is 6.07 Å². The molecule has 0 aliphatic carbocycles. The third-order valence-corrected chi connectivity index (χ3v) is 4.16. The van der Waals surface area contributed by atoms with Crippen LogP contribution >= 0.6 is 43.5 Å². The Balaban J connectivity index is 2.55. The lowest BCUT2D eigenvalue weighted by Crippen LogP contribution is -2.19. The Hall–Kier alpha value is -0.420. The van der Waals surface area contributed by atoms with E-state index in [2.05, 4.69) is 37.2 Å².